The molecule has 22 heavy (non-hydrogen) atoms. The first-order valence-corrected chi connectivity index (χ1v) is 8.43. The minimum atomic E-state index is 0. The topological polar surface area (TPSA) is 65.5 Å². The van der Waals surface area contributed by atoms with Crippen molar-refractivity contribution < 1.29 is 4.79 Å². The SMILES string of the molecule is CCNC(=NCC(C)C)NCCC(=O)NC1CCCCC1.I. The molecule has 0 unspecified atom stereocenters. The average Bonchev–Trinajstić information content (AvgIpc) is 2.45. The van der Waals surface area contributed by atoms with Gasteiger partial charge < -0.3 is 16.0 Å². The van der Waals surface area contributed by atoms with Crippen molar-refractivity contribution in [1.29, 1.82) is 0 Å². The van der Waals surface area contributed by atoms with Crippen molar-refractivity contribution in [2.45, 2.75) is 65.3 Å². The summed E-state index contributed by atoms with van der Waals surface area (Å²) in [7, 11) is 0. The Morgan fingerprint density at radius 1 is 1.18 bits per heavy atom. The molecule has 130 valence electrons. The van der Waals surface area contributed by atoms with Crippen molar-refractivity contribution in [3.8, 4) is 0 Å². The molecule has 0 saturated heterocycles. The lowest BCUT2D eigenvalue weighted by Gasteiger charge is -2.22. The Bertz CT molecular complexity index is 328. The molecule has 0 spiro atoms. The normalized spacial score (nSPS) is 16.1. The molecule has 6 heteroatoms. The van der Waals surface area contributed by atoms with E-state index in [0.717, 1.165) is 31.9 Å². The van der Waals surface area contributed by atoms with E-state index in [9.17, 15) is 4.79 Å². The Balaban J connectivity index is 0.00000441. The molecule has 0 radical (unpaired) electrons. The van der Waals surface area contributed by atoms with Gasteiger partial charge in [0.25, 0.3) is 0 Å². The molecule has 0 aromatic rings. The summed E-state index contributed by atoms with van der Waals surface area (Å²) < 4.78 is 0. The van der Waals surface area contributed by atoms with Gasteiger partial charge in [0.05, 0.1) is 0 Å². The Labute approximate surface area is 152 Å². The second kappa shape index (κ2) is 13.0. The third-order valence-corrected chi connectivity index (χ3v) is 3.57. The number of nitrogens with one attached hydrogen (secondary N) is 3. The van der Waals surface area contributed by atoms with Crippen LogP contribution in [0.4, 0.5) is 0 Å². The van der Waals surface area contributed by atoms with Crippen molar-refractivity contribution in [3.05, 3.63) is 0 Å². The van der Waals surface area contributed by atoms with Gasteiger partial charge >= 0.3 is 0 Å². The van der Waals surface area contributed by atoms with Crippen molar-refractivity contribution >= 4 is 35.8 Å². The first kappa shape index (κ1) is 21.5. The molecule has 0 atom stereocenters. The first-order valence-electron chi connectivity index (χ1n) is 8.43. The van der Waals surface area contributed by atoms with Gasteiger partial charge in [0.1, 0.15) is 0 Å². The zero-order valence-corrected chi connectivity index (χ0v) is 16.6. The first-order chi connectivity index (χ1) is 10.1. The molecule has 0 heterocycles. The number of hydrogen-bond acceptors (Lipinski definition) is 2. The highest BCUT2D eigenvalue weighted by molar-refractivity contribution is 14.0. The summed E-state index contributed by atoms with van der Waals surface area (Å²) >= 11 is 0. The fourth-order valence-corrected chi connectivity index (χ4v) is 2.46. The average molecular weight is 424 g/mol. The summed E-state index contributed by atoms with van der Waals surface area (Å²) in [5.41, 5.74) is 0. The summed E-state index contributed by atoms with van der Waals surface area (Å²) in [4.78, 5) is 16.4. The number of rotatable bonds is 7. The third kappa shape index (κ3) is 10.2. The van der Waals surface area contributed by atoms with E-state index >= 15 is 0 Å². The van der Waals surface area contributed by atoms with E-state index < -0.39 is 0 Å². The summed E-state index contributed by atoms with van der Waals surface area (Å²) in [5, 5.41) is 9.56. The van der Waals surface area contributed by atoms with E-state index in [-0.39, 0.29) is 29.9 Å². The van der Waals surface area contributed by atoms with Gasteiger partial charge in [-0.05, 0) is 25.7 Å². The molecule has 1 aliphatic rings. The van der Waals surface area contributed by atoms with Gasteiger partial charge in [0.15, 0.2) is 5.96 Å². The highest BCUT2D eigenvalue weighted by Crippen LogP contribution is 2.17. The highest BCUT2D eigenvalue weighted by Gasteiger charge is 2.15. The summed E-state index contributed by atoms with van der Waals surface area (Å²) in [5.74, 6) is 1.49. The van der Waals surface area contributed by atoms with E-state index in [1.807, 2.05) is 6.92 Å². The van der Waals surface area contributed by atoms with Gasteiger partial charge in [0.2, 0.25) is 5.91 Å². The van der Waals surface area contributed by atoms with Gasteiger partial charge in [-0.2, -0.15) is 0 Å². The maximum Gasteiger partial charge on any atom is 0.221 e. The summed E-state index contributed by atoms with van der Waals surface area (Å²) in [6.07, 6.45) is 6.58. The van der Waals surface area contributed by atoms with E-state index in [2.05, 4.69) is 34.8 Å². The second-order valence-corrected chi connectivity index (χ2v) is 6.19. The number of carbonyl (C=O) groups is 1. The number of aliphatic imine (C=N–C) groups is 1. The highest BCUT2D eigenvalue weighted by atomic mass is 127. The molecular formula is C16H33IN4O. The van der Waals surface area contributed by atoms with Crippen LogP contribution in [-0.2, 0) is 4.79 Å². The molecule has 1 aliphatic carbocycles. The molecule has 0 aliphatic heterocycles. The third-order valence-electron chi connectivity index (χ3n) is 3.57. The monoisotopic (exact) mass is 424 g/mol. The van der Waals surface area contributed by atoms with Crippen LogP contribution in [0.3, 0.4) is 0 Å². The minimum Gasteiger partial charge on any atom is -0.357 e. The molecule has 1 fully saturated rings. The van der Waals surface area contributed by atoms with Gasteiger partial charge in [0, 0.05) is 32.1 Å². The van der Waals surface area contributed by atoms with Crippen LogP contribution in [0.1, 0.15) is 59.3 Å². The number of amides is 1. The molecule has 5 nitrogen and oxygen atoms in total. The number of guanidine groups is 1. The number of nitrogens with zero attached hydrogens (tertiary/aromatic N) is 1. The number of halogens is 1. The van der Waals surface area contributed by atoms with E-state index in [1.54, 1.807) is 0 Å². The Morgan fingerprint density at radius 3 is 2.45 bits per heavy atom. The number of carbonyl (C=O) groups excluding carboxylic acids is 1. The van der Waals surface area contributed by atoms with Gasteiger partial charge in [-0.25, -0.2) is 0 Å². The predicted molar refractivity (Wildman–Crippen MR) is 104 cm³/mol. The van der Waals surface area contributed by atoms with Crippen molar-refractivity contribution in [3.63, 3.8) is 0 Å². The van der Waals surface area contributed by atoms with Gasteiger partial charge in [-0.1, -0.05) is 33.1 Å². The molecule has 0 aromatic heterocycles. The smallest absolute Gasteiger partial charge is 0.221 e. The Morgan fingerprint density at radius 2 is 1.86 bits per heavy atom. The van der Waals surface area contributed by atoms with Crippen LogP contribution in [-0.4, -0.2) is 37.5 Å². The van der Waals surface area contributed by atoms with E-state index in [4.69, 9.17) is 0 Å². The van der Waals surface area contributed by atoms with Crippen LogP contribution in [0.25, 0.3) is 0 Å². The number of hydrogen-bond donors (Lipinski definition) is 3. The minimum absolute atomic E-state index is 0. The molecule has 0 aromatic carbocycles. The Hall–Kier alpha value is -0.530. The largest absolute Gasteiger partial charge is 0.357 e. The molecule has 3 N–H and O–H groups in total. The lowest BCUT2D eigenvalue weighted by molar-refractivity contribution is -0.121. The quantitative estimate of drug-likeness (QED) is 0.335. The molecular weight excluding hydrogens is 391 g/mol. The predicted octanol–water partition coefficient (Wildman–Crippen LogP) is 2.65. The summed E-state index contributed by atoms with van der Waals surface area (Å²) in [6, 6.07) is 0.397. The molecule has 1 rings (SSSR count). The van der Waals surface area contributed by atoms with Crippen LogP contribution in [0.15, 0.2) is 4.99 Å². The lowest BCUT2D eigenvalue weighted by Crippen LogP contribution is -2.41. The summed E-state index contributed by atoms with van der Waals surface area (Å²) in [6.45, 7) is 8.59. The standard InChI is InChI=1S/C16H32N4O.HI/c1-4-17-16(19-12-13(2)3)18-11-10-15(21)20-14-8-6-5-7-9-14;/h13-14H,4-12H2,1-3H3,(H,20,21)(H2,17,18,19);1H. The van der Waals surface area contributed by atoms with E-state index in [1.165, 1.54) is 19.3 Å². The van der Waals surface area contributed by atoms with Crippen molar-refractivity contribution in [1.82, 2.24) is 16.0 Å². The fraction of sp³-hybridized carbons (Fsp3) is 0.875. The van der Waals surface area contributed by atoms with E-state index in [0.29, 0.717) is 24.9 Å². The lowest BCUT2D eigenvalue weighted by atomic mass is 9.95. The zero-order chi connectivity index (χ0) is 15.5. The maximum atomic E-state index is 11.9. The van der Waals surface area contributed by atoms with Gasteiger partial charge in [-0.15, -0.1) is 24.0 Å². The molecule has 1 amide bonds. The van der Waals surface area contributed by atoms with Crippen molar-refractivity contribution in [2.75, 3.05) is 19.6 Å². The van der Waals surface area contributed by atoms with Crippen molar-refractivity contribution in [2.24, 2.45) is 10.9 Å². The zero-order valence-electron chi connectivity index (χ0n) is 14.3. The fourth-order valence-electron chi connectivity index (χ4n) is 2.46. The second-order valence-electron chi connectivity index (χ2n) is 6.19. The maximum absolute atomic E-state index is 11.9. The van der Waals surface area contributed by atoms with Crippen LogP contribution in [0.5, 0.6) is 0 Å². The molecule has 1 saturated carbocycles. The van der Waals surface area contributed by atoms with Gasteiger partial charge in [-0.3, -0.25) is 9.79 Å². The van der Waals surface area contributed by atoms with Crippen LogP contribution in [0.2, 0.25) is 0 Å². The van der Waals surface area contributed by atoms with Crippen LogP contribution >= 0.6 is 24.0 Å². The molecule has 0 bridgehead atoms. The Kier molecular flexibility index (Phi) is 12.6. The van der Waals surface area contributed by atoms with Crippen LogP contribution in [0, 0.1) is 5.92 Å². The van der Waals surface area contributed by atoms with Crippen LogP contribution < -0.4 is 16.0 Å².